The van der Waals surface area contributed by atoms with Crippen LogP contribution < -0.4 is 5.32 Å². The second-order valence-corrected chi connectivity index (χ2v) is 6.62. The molecule has 7 nitrogen and oxygen atoms in total. The molecule has 0 unspecified atom stereocenters. The molecule has 3 rings (SSSR count). The van der Waals surface area contributed by atoms with E-state index in [1.54, 1.807) is 19.0 Å². The molecule has 1 aromatic carbocycles. The minimum atomic E-state index is -1.00. The Bertz CT molecular complexity index is 865. The minimum absolute atomic E-state index is 0.00877. The number of hydrogen-bond donors (Lipinski definition) is 1. The molecule has 0 fully saturated rings. The highest BCUT2D eigenvalue weighted by atomic mass is 19.2. The topological polar surface area (TPSA) is 70.5 Å². The summed E-state index contributed by atoms with van der Waals surface area (Å²) < 4.78 is 28.6. The molecule has 3 amide bonds. The summed E-state index contributed by atoms with van der Waals surface area (Å²) in [6.07, 6.45) is -0.248. The van der Waals surface area contributed by atoms with E-state index in [0.717, 1.165) is 11.8 Å². The van der Waals surface area contributed by atoms with E-state index >= 15 is 0 Å². The number of rotatable bonds is 4. The zero-order valence-corrected chi connectivity index (χ0v) is 15.2. The fourth-order valence-corrected chi connectivity index (χ4v) is 2.97. The van der Waals surface area contributed by atoms with Crippen molar-refractivity contribution in [1.82, 2.24) is 24.9 Å². The number of aromatic nitrogens is 2. The van der Waals surface area contributed by atoms with Gasteiger partial charge in [-0.1, -0.05) is 12.1 Å². The number of fused-ring (bicyclic) bond motifs is 1. The first-order valence-electron chi connectivity index (χ1n) is 8.56. The average molecular weight is 377 g/mol. The summed E-state index contributed by atoms with van der Waals surface area (Å²) in [5.41, 5.74) is 1.54. The lowest BCUT2D eigenvalue weighted by atomic mass is 10.1. The van der Waals surface area contributed by atoms with Crippen molar-refractivity contribution in [3.8, 4) is 0 Å². The molecule has 0 aliphatic carbocycles. The number of hydrogen-bond acceptors (Lipinski definition) is 3. The van der Waals surface area contributed by atoms with Crippen LogP contribution in [-0.4, -0.2) is 52.2 Å². The largest absolute Gasteiger partial charge is 0.350 e. The van der Waals surface area contributed by atoms with Crippen LogP contribution in [0, 0.1) is 11.6 Å². The molecule has 2 heterocycles. The molecule has 1 aromatic heterocycles. The predicted molar refractivity (Wildman–Crippen MR) is 93.6 cm³/mol. The predicted octanol–water partition coefficient (Wildman–Crippen LogP) is 1.52. The van der Waals surface area contributed by atoms with E-state index in [1.165, 1.54) is 17.0 Å². The van der Waals surface area contributed by atoms with Crippen LogP contribution in [0.5, 0.6) is 0 Å². The van der Waals surface area contributed by atoms with Gasteiger partial charge in [0.15, 0.2) is 11.6 Å². The third-order valence-corrected chi connectivity index (χ3v) is 4.35. The Hall–Kier alpha value is -2.97. The summed E-state index contributed by atoms with van der Waals surface area (Å²) in [7, 11) is 3.41. The molecule has 0 spiro atoms. The van der Waals surface area contributed by atoms with Gasteiger partial charge in [-0.2, -0.15) is 5.10 Å². The highest BCUT2D eigenvalue weighted by molar-refractivity contribution is 5.78. The fourth-order valence-electron chi connectivity index (χ4n) is 2.97. The van der Waals surface area contributed by atoms with Gasteiger partial charge in [0.05, 0.1) is 37.4 Å². The SMILES string of the molecule is CN(C)C(=O)N1CCn2nc(CNC(=O)Cc3cccc(F)c3F)cc2C1. The Labute approximate surface area is 155 Å². The maximum absolute atomic E-state index is 13.6. The normalized spacial score (nSPS) is 13.3. The number of nitrogens with one attached hydrogen (secondary N) is 1. The van der Waals surface area contributed by atoms with Crippen LogP contribution in [0.3, 0.4) is 0 Å². The second-order valence-electron chi connectivity index (χ2n) is 6.62. The van der Waals surface area contributed by atoms with Crippen LogP contribution in [0.25, 0.3) is 0 Å². The summed E-state index contributed by atoms with van der Waals surface area (Å²) in [5.74, 6) is -2.40. The number of carbonyl (C=O) groups is 2. The van der Waals surface area contributed by atoms with Crippen molar-refractivity contribution in [3.63, 3.8) is 0 Å². The van der Waals surface area contributed by atoms with Gasteiger partial charge in [0.1, 0.15) is 0 Å². The molecule has 27 heavy (non-hydrogen) atoms. The molecule has 9 heteroatoms. The third kappa shape index (κ3) is 4.24. The highest BCUT2D eigenvalue weighted by Gasteiger charge is 2.23. The van der Waals surface area contributed by atoms with Crippen LogP contribution in [0.15, 0.2) is 24.3 Å². The maximum atomic E-state index is 13.6. The van der Waals surface area contributed by atoms with Gasteiger partial charge in [0, 0.05) is 26.2 Å². The van der Waals surface area contributed by atoms with Gasteiger partial charge in [0.2, 0.25) is 5.91 Å². The Morgan fingerprint density at radius 1 is 1.26 bits per heavy atom. The first kappa shape index (κ1) is 18.8. The quantitative estimate of drug-likeness (QED) is 0.878. The number of urea groups is 1. The smallest absolute Gasteiger partial charge is 0.319 e. The number of nitrogens with zero attached hydrogens (tertiary/aromatic N) is 4. The monoisotopic (exact) mass is 377 g/mol. The summed E-state index contributed by atoms with van der Waals surface area (Å²) in [5, 5.41) is 7.08. The highest BCUT2D eigenvalue weighted by Crippen LogP contribution is 2.15. The Morgan fingerprint density at radius 3 is 2.78 bits per heavy atom. The lowest BCUT2D eigenvalue weighted by Gasteiger charge is -2.29. The lowest BCUT2D eigenvalue weighted by Crippen LogP contribution is -2.43. The molecule has 2 aromatic rings. The van der Waals surface area contributed by atoms with E-state index in [1.807, 2.05) is 10.7 Å². The van der Waals surface area contributed by atoms with Crippen LogP contribution in [0.4, 0.5) is 13.6 Å². The number of carbonyl (C=O) groups excluding carboxylic acids is 2. The van der Waals surface area contributed by atoms with Crippen LogP contribution in [0.1, 0.15) is 17.0 Å². The second kappa shape index (κ2) is 7.73. The molecule has 0 radical (unpaired) electrons. The first-order valence-corrected chi connectivity index (χ1v) is 8.56. The number of amides is 3. The molecule has 0 saturated carbocycles. The van der Waals surface area contributed by atoms with Gasteiger partial charge in [-0.05, 0) is 12.1 Å². The first-order chi connectivity index (χ1) is 12.8. The molecule has 1 aliphatic heterocycles. The van der Waals surface area contributed by atoms with Crippen molar-refractivity contribution >= 4 is 11.9 Å². The van der Waals surface area contributed by atoms with Crippen LogP contribution in [0.2, 0.25) is 0 Å². The van der Waals surface area contributed by atoms with Gasteiger partial charge in [-0.15, -0.1) is 0 Å². The standard InChI is InChI=1S/C18H21F2N5O2/c1-23(2)18(27)24-6-7-25-14(11-24)9-13(22-25)10-21-16(26)8-12-4-3-5-15(19)17(12)20/h3-5,9H,6-8,10-11H2,1-2H3,(H,21,26). The lowest BCUT2D eigenvalue weighted by molar-refractivity contribution is -0.120. The molecule has 1 N–H and O–H groups in total. The van der Waals surface area contributed by atoms with Gasteiger partial charge < -0.3 is 15.1 Å². The van der Waals surface area contributed by atoms with Crippen LogP contribution >= 0.6 is 0 Å². The van der Waals surface area contributed by atoms with E-state index < -0.39 is 17.5 Å². The zero-order chi connectivity index (χ0) is 19.6. The molecule has 144 valence electrons. The molecule has 0 saturated heterocycles. The van der Waals surface area contributed by atoms with Crippen LogP contribution in [-0.2, 0) is 30.8 Å². The molecule has 1 aliphatic rings. The van der Waals surface area contributed by atoms with Crippen molar-refractivity contribution in [2.24, 2.45) is 0 Å². The summed E-state index contributed by atoms with van der Waals surface area (Å²) >= 11 is 0. The van der Waals surface area contributed by atoms with Crippen molar-refractivity contribution in [3.05, 3.63) is 52.9 Å². The van der Waals surface area contributed by atoms with Gasteiger partial charge in [-0.25, -0.2) is 13.6 Å². The average Bonchev–Trinajstić information content (AvgIpc) is 3.05. The van der Waals surface area contributed by atoms with Crippen molar-refractivity contribution in [2.45, 2.75) is 26.1 Å². The number of benzene rings is 1. The van der Waals surface area contributed by atoms with E-state index in [0.29, 0.717) is 25.3 Å². The molecule has 0 bridgehead atoms. The molecular weight excluding hydrogens is 356 g/mol. The van der Waals surface area contributed by atoms with Gasteiger partial charge in [-0.3, -0.25) is 9.48 Å². The summed E-state index contributed by atoms with van der Waals surface area (Å²) in [6, 6.07) is 5.53. The summed E-state index contributed by atoms with van der Waals surface area (Å²) in [4.78, 5) is 27.3. The minimum Gasteiger partial charge on any atom is -0.350 e. The van der Waals surface area contributed by atoms with E-state index in [9.17, 15) is 18.4 Å². The summed E-state index contributed by atoms with van der Waals surface area (Å²) in [6.45, 7) is 1.78. The zero-order valence-electron chi connectivity index (χ0n) is 15.2. The van der Waals surface area contributed by atoms with E-state index in [-0.39, 0.29) is 24.6 Å². The van der Waals surface area contributed by atoms with E-state index in [2.05, 4.69) is 10.4 Å². The Balaban J connectivity index is 1.58. The van der Waals surface area contributed by atoms with E-state index in [4.69, 9.17) is 0 Å². The van der Waals surface area contributed by atoms with Crippen molar-refractivity contribution < 1.29 is 18.4 Å². The number of halogens is 2. The van der Waals surface area contributed by atoms with Gasteiger partial charge >= 0.3 is 6.03 Å². The van der Waals surface area contributed by atoms with Gasteiger partial charge in [0.25, 0.3) is 0 Å². The van der Waals surface area contributed by atoms with Crippen molar-refractivity contribution in [2.75, 3.05) is 20.6 Å². The molecular formula is C18H21F2N5O2. The third-order valence-electron chi connectivity index (χ3n) is 4.35. The Morgan fingerprint density at radius 2 is 2.04 bits per heavy atom. The molecule has 0 atom stereocenters. The van der Waals surface area contributed by atoms with Crippen molar-refractivity contribution in [1.29, 1.82) is 0 Å². The fraction of sp³-hybridized carbons (Fsp3) is 0.389. The maximum Gasteiger partial charge on any atom is 0.319 e. The Kier molecular flexibility index (Phi) is 5.38.